The first-order chi connectivity index (χ1) is 12.6. The average molecular weight is 384 g/mol. The summed E-state index contributed by atoms with van der Waals surface area (Å²) in [5.74, 6) is -0.0294. The largest absolute Gasteiger partial charge is 0.496 e. The molecule has 150 valence electrons. The van der Waals surface area contributed by atoms with E-state index in [0.29, 0.717) is 24.1 Å². The number of ether oxygens (including phenoxy) is 1. The molecule has 0 aliphatic heterocycles. The molecule has 0 saturated carbocycles. The van der Waals surface area contributed by atoms with Gasteiger partial charge in [-0.3, -0.25) is 0 Å². The van der Waals surface area contributed by atoms with E-state index in [-0.39, 0.29) is 23.3 Å². The van der Waals surface area contributed by atoms with Crippen molar-refractivity contribution in [1.29, 1.82) is 0 Å². The molecule has 0 heterocycles. The summed E-state index contributed by atoms with van der Waals surface area (Å²) in [6, 6.07) is 2.78. The Morgan fingerprint density at radius 1 is 1.30 bits per heavy atom. The smallest absolute Gasteiger partial charge is 0.425 e. The zero-order valence-electron chi connectivity index (χ0n) is 16.2. The summed E-state index contributed by atoms with van der Waals surface area (Å²) in [6.07, 6.45) is 0.446. The molecule has 1 atom stereocenters. The van der Waals surface area contributed by atoms with E-state index in [1.165, 1.54) is 25.3 Å². The maximum atomic E-state index is 14.0. The second-order valence-corrected chi connectivity index (χ2v) is 6.84. The van der Waals surface area contributed by atoms with Crippen molar-refractivity contribution in [3.05, 3.63) is 34.9 Å². The first kappa shape index (κ1) is 21.3. The molecule has 2 rings (SSSR count). The number of hydrogen-bond acceptors (Lipinski definition) is 3. The van der Waals surface area contributed by atoms with Crippen molar-refractivity contribution in [3.63, 3.8) is 0 Å². The Labute approximate surface area is 158 Å². The molecule has 1 N–H and O–H groups in total. The standard InChI is InChI=1S/C20H27F3N2O2/c1-5-25(3)13-24-17-12-18(27-4)16(11-14(17)2)19(26,20(21,22)23)15-9-7-6-8-10-15/h9,11-13,26H,5-8,10H2,1-4H3. The maximum Gasteiger partial charge on any atom is 0.425 e. The predicted octanol–water partition coefficient (Wildman–Crippen LogP) is 4.87. The van der Waals surface area contributed by atoms with Crippen molar-refractivity contribution in [3.8, 4) is 5.75 Å². The summed E-state index contributed by atoms with van der Waals surface area (Å²) in [6.45, 7) is 4.39. The molecule has 0 bridgehead atoms. The van der Waals surface area contributed by atoms with Crippen LogP contribution in [0.1, 0.15) is 43.7 Å². The van der Waals surface area contributed by atoms with Crippen molar-refractivity contribution >= 4 is 12.0 Å². The number of rotatable bonds is 6. The van der Waals surface area contributed by atoms with E-state index in [9.17, 15) is 18.3 Å². The topological polar surface area (TPSA) is 45.1 Å². The van der Waals surface area contributed by atoms with Crippen molar-refractivity contribution in [2.24, 2.45) is 4.99 Å². The second-order valence-electron chi connectivity index (χ2n) is 6.84. The first-order valence-corrected chi connectivity index (χ1v) is 9.07. The molecule has 0 amide bonds. The number of aryl methyl sites for hydroxylation is 1. The van der Waals surface area contributed by atoms with Crippen LogP contribution in [0.25, 0.3) is 0 Å². The minimum Gasteiger partial charge on any atom is -0.496 e. The van der Waals surface area contributed by atoms with Crippen LogP contribution in [0, 0.1) is 6.92 Å². The van der Waals surface area contributed by atoms with Gasteiger partial charge in [0.2, 0.25) is 5.60 Å². The number of halogens is 3. The lowest BCUT2D eigenvalue weighted by Crippen LogP contribution is -2.44. The summed E-state index contributed by atoms with van der Waals surface area (Å²) >= 11 is 0. The van der Waals surface area contributed by atoms with Crippen LogP contribution in [-0.4, -0.2) is 43.2 Å². The quantitative estimate of drug-likeness (QED) is 0.433. The summed E-state index contributed by atoms with van der Waals surface area (Å²) in [5, 5.41) is 10.9. The van der Waals surface area contributed by atoms with Gasteiger partial charge in [-0.25, -0.2) is 4.99 Å². The van der Waals surface area contributed by atoms with Gasteiger partial charge in [-0.05, 0) is 56.7 Å². The highest BCUT2D eigenvalue weighted by atomic mass is 19.4. The van der Waals surface area contributed by atoms with Gasteiger partial charge >= 0.3 is 6.18 Å². The van der Waals surface area contributed by atoms with E-state index >= 15 is 0 Å². The molecule has 0 fully saturated rings. The number of aliphatic hydroxyl groups is 1. The lowest BCUT2D eigenvalue weighted by molar-refractivity contribution is -0.251. The van der Waals surface area contributed by atoms with Gasteiger partial charge in [-0.1, -0.05) is 6.08 Å². The molecule has 1 aliphatic rings. The van der Waals surface area contributed by atoms with E-state index in [0.717, 1.165) is 13.0 Å². The van der Waals surface area contributed by atoms with Crippen molar-refractivity contribution in [1.82, 2.24) is 4.90 Å². The Kier molecular flexibility index (Phi) is 6.57. The molecule has 1 unspecified atom stereocenters. The average Bonchev–Trinajstić information content (AvgIpc) is 2.65. The monoisotopic (exact) mass is 384 g/mol. The maximum absolute atomic E-state index is 14.0. The Morgan fingerprint density at radius 3 is 2.52 bits per heavy atom. The number of hydrogen-bond donors (Lipinski definition) is 1. The highest BCUT2D eigenvalue weighted by Gasteiger charge is 2.58. The number of allylic oxidation sites excluding steroid dienone is 1. The third-order valence-corrected chi connectivity index (χ3v) is 4.97. The number of methoxy groups -OCH3 is 1. The minimum atomic E-state index is -4.86. The highest BCUT2D eigenvalue weighted by molar-refractivity contribution is 5.66. The number of benzene rings is 1. The molecular formula is C20H27F3N2O2. The van der Waals surface area contributed by atoms with E-state index in [4.69, 9.17) is 4.74 Å². The van der Waals surface area contributed by atoms with Crippen LogP contribution in [0.15, 0.2) is 28.8 Å². The van der Waals surface area contributed by atoms with Crippen LogP contribution in [0.5, 0.6) is 5.75 Å². The van der Waals surface area contributed by atoms with Crippen LogP contribution < -0.4 is 4.74 Å². The van der Waals surface area contributed by atoms with Crippen LogP contribution in [0.3, 0.4) is 0 Å². The Hall–Kier alpha value is -2.02. The molecule has 1 aliphatic carbocycles. The van der Waals surface area contributed by atoms with E-state index in [1.807, 2.05) is 18.9 Å². The zero-order chi connectivity index (χ0) is 20.2. The van der Waals surface area contributed by atoms with Crippen molar-refractivity contribution in [2.45, 2.75) is 51.3 Å². The lowest BCUT2D eigenvalue weighted by Gasteiger charge is -2.36. The van der Waals surface area contributed by atoms with Gasteiger partial charge < -0.3 is 14.7 Å². The van der Waals surface area contributed by atoms with Gasteiger partial charge in [-0.2, -0.15) is 13.2 Å². The molecule has 0 saturated heterocycles. The molecule has 0 radical (unpaired) electrons. The van der Waals surface area contributed by atoms with Gasteiger partial charge in [0.25, 0.3) is 0 Å². The molecule has 0 aromatic heterocycles. The fourth-order valence-corrected chi connectivity index (χ4v) is 3.18. The molecule has 27 heavy (non-hydrogen) atoms. The van der Waals surface area contributed by atoms with Gasteiger partial charge in [0, 0.05) is 25.2 Å². The van der Waals surface area contributed by atoms with Gasteiger partial charge in [-0.15, -0.1) is 0 Å². The van der Waals surface area contributed by atoms with E-state index < -0.39 is 11.8 Å². The van der Waals surface area contributed by atoms with E-state index in [2.05, 4.69) is 4.99 Å². The zero-order valence-corrected chi connectivity index (χ0v) is 16.2. The molecule has 0 spiro atoms. The molecular weight excluding hydrogens is 357 g/mol. The van der Waals surface area contributed by atoms with Crippen LogP contribution in [0.4, 0.5) is 18.9 Å². The van der Waals surface area contributed by atoms with Crippen LogP contribution in [0.2, 0.25) is 0 Å². The minimum absolute atomic E-state index is 0.0130. The van der Waals surface area contributed by atoms with Gasteiger partial charge in [0.15, 0.2) is 0 Å². The highest BCUT2D eigenvalue weighted by Crippen LogP contribution is 2.50. The third-order valence-electron chi connectivity index (χ3n) is 4.97. The molecule has 1 aromatic carbocycles. The number of alkyl halides is 3. The fourth-order valence-electron chi connectivity index (χ4n) is 3.18. The molecule has 1 aromatic rings. The molecule has 7 heteroatoms. The number of aliphatic imine (C=N–C) groups is 1. The first-order valence-electron chi connectivity index (χ1n) is 9.07. The SMILES string of the molecule is CCN(C)C=Nc1cc(OC)c(C(O)(C2=CCCCC2)C(F)(F)F)cc1C. The Morgan fingerprint density at radius 2 is 2.00 bits per heavy atom. The van der Waals surface area contributed by atoms with Gasteiger partial charge in [0.05, 0.1) is 19.1 Å². The number of nitrogens with zero attached hydrogens (tertiary/aromatic N) is 2. The van der Waals surface area contributed by atoms with Crippen molar-refractivity contribution < 1.29 is 23.0 Å². The summed E-state index contributed by atoms with van der Waals surface area (Å²) in [4.78, 5) is 6.17. The normalized spacial score (nSPS) is 17.6. The fraction of sp³-hybridized carbons (Fsp3) is 0.550. The Bertz CT molecular complexity index is 729. The lowest BCUT2D eigenvalue weighted by atomic mass is 9.79. The summed E-state index contributed by atoms with van der Waals surface area (Å²) < 4.78 is 47.4. The van der Waals surface area contributed by atoms with E-state index in [1.54, 1.807) is 13.3 Å². The predicted molar refractivity (Wildman–Crippen MR) is 101 cm³/mol. The summed E-state index contributed by atoms with van der Waals surface area (Å²) in [7, 11) is 3.15. The van der Waals surface area contributed by atoms with Crippen molar-refractivity contribution in [2.75, 3.05) is 20.7 Å². The van der Waals surface area contributed by atoms with Gasteiger partial charge in [0.1, 0.15) is 5.75 Å². The summed E-state index contributed by atoms with van der Waals surface area (Å²) in [5.41, 5.74) is -2.33. The van der Waals surface area contributed by atoms with Crippen LogP contribution in [-0.2, 0) is 5.60 Å². The second kappa shape index (κ2) is 8.33. The molecule has 4 nitrogen and oxygen atoms in total. The Balaban J connectivity index is 2.61. The van der Waals surface area contributed by atoms with Crippen LogP contribution >= 0.6 is 0 Å². The third kappa shape index (κ3) is 4.29.